The molecule has 0 atom stereocenters. The molecule has 1 aromatic heterocycles. The zero-order valence-electron chi connectivity index (χ0n) is 9.36. The van der Waals surface area contributed by atoms with Crippen molar-refractivity contribution in [2.75, 3.05) is 18.8 Å². The molecule has 1 aliphatic heterocycles. The molecule has 0 amide bonds. The smallest absolute Gasteiger partial charge is 0.190 e. The lowest BCUT2D eigenvalue weighted by atomic mass is 10.0. The maximum absolute atomic E-state index is 4.16. The Morgan fingerprint density at radius 2 is 2.13 bits per heavy atom. The Morgan fingerprint density at radius 3 is 2.73 bits per heavy atom. The van der Waals surface area contributed by atoms with Crippen LogP contribution in [0.3, 0.4) is 0 Å². The van der Waals surface area contributed by atoms with Gasteiger partial charge < -0.3 is 9.88 Å². The van der Waals surface area contributed by atoms with Gasteiger partial charge in [0.2, 0.25) is 0 Å². The second-order valence-corrected chi connectivity index (χ2v) is 5.08. The number of hydrogen-bond donors (Lipinski definition) is 1. The summed E-state index contributed by atoms with van der Waals surface area (Å²) in [6.07, 6.45) is 2.59. The first-order valence-electron chi connectivity index (χ1n) is 5.47. The van der Waals surface area contributed by atoms with E-state index in [2.05, 4.69) is 20.1 Å². The molecule has 0 spiro atoms. The molecule has 2 rings (SSSR count). The number of aryl methyl sites for hydroxylation is 1. The van der Waals surface area contributed by atoms with Crippen molar-refractivity contribution in [3.63, 3.8) is 0 Å². The molecule has 1 N–H and O–H groups in total. The molecule has 84 valence electrons. The lowest BCUT2D eigenvalue weighted by Gasteiger charge is -2.21. The molecule has 2 heterocycles. The Hall–Kier alpha value is -0.550. The van der Waals surface area contributed by atoms with Crippen molar-refractivity contribution in [2.24, 2.45) is 13.0 Å². The zero-order chi connectivity index (χ0) is 10.7. The quantitative estimate of drug-likeness (QED) is 0.787. The fourth-order valence-corrected chi connectivity index (χ4v) is 2.90. The minimum absolute atomic E-state index is 0.841. The highest BCUT2D eigenvalue weighted by molar-refractivity contribution is 7.99. The minimum Gasteiger partial charge on any atom is -0.317 e. The average Bonchev–Trinajstić information content (AvgIpc) is 2.59. The summed E-state index contributed by atoms with van der Waals surface area (Å²) >= 11 is 1.84. The SMILES string of the molecule is Cc1nnc(SCC2CCNCC2)n1C. The number of nitrogens with zero attached hydrogens (tertiary/aromatic N) is 3. The third-order valence-corrected chi connectivity index (χ3v) is 4.21. The highest BCUT2D eigenvalue weighted by atomic mass is 32.2. The molecular weight excluding hydrogens is 208 g/mol. The molecule has 0 aliphatic carbocycles. The normalized spacial score (nSPS) is 18.3. The monoisotopic (exact) mass is 226 g/mol. The van der Waals surface area contributed by atoms with Crippen molar-refractivity contribution in [1.29, 1.82) is 0 Å². The summed E-state index contributed by atoms with van der Waals surface area (Å²) in [7, 11) is 2.03. The van der Waals surface area contributed by atoms with Gasteiger partial charge in [0.15, 0.2) is 5.16 Å². The molecule has 0 saturated carbocycles. The third kappa shape index (κ3) is 2.72. The minimum atomic E-state index is 0.841. The summed E-state index contributed by atoms with van der Waals surface area (Å²) < 4.78 is 2.06. The van der Waals surface area contributed by atoms with E-state index in [0.29, 0.717) is 0 Å². The van der Waals surface area contributed by atoms with Gasteiger partial charge in [-0.15, -0.1) is 10.2 Å². The van der Waals surface area contributed by atoms with E-state index >= 15 is 0 Å². The fourth-order valence-electron chi connectivity index (χ4n) is 1.75. The van der Waals surface area contributed by atoms with Crippen LogP contribution < -0.4 is 5.32 Å². The molecule has 5 heteroatoms. The summed E-state index contributed by atoms with van der Waals surface area (Å²) in [6.45, 7) is 4.33. The van der Waals surface area contributed by atoms with E-state index in [4.69, 9.17) is 0 Å². The summed E-state index contributed by atoms with van der Waals surface area (Å²) in [5.74, 6) is 3.00. The van der Waals surface area contributed by atoms with Crippen molar-refractivity contribution in [3.8, 4) is 0 Å². The molecule has 4 nitrogen and oxygen atoms in total. The number of nitrogens with one attached hydrogen (secondary N) is 1. The first kappa shape index (κ1) is 11.0. The van der Waals surface area contributed by atoms with Crippen LogP contribution >= 0.6 is 11.8 Å². The Bertz CT molecular complexity index is 317. The van der Waals surface area contributed by atoms with Crippen LogP contribution in [0.1, 0.15) is 18.7 Å². The van der Waals surface area contributed by atoms with E-state index in [9.17, 15) is 0 Å². The molecule has 0 bridgehead atoms. The highest BCUT2D eigenvalue weighted by Gasteiger charge is 2.14. The van der Waals surface area contributed by atoms with Gasteiger partial charge >= 0.3 is 0 Å². The van der Waals surface area contributed by atoms with Crippen LogP contribution in [0, 0.1) is 12.8 Å². The predicted octanol–water partition coefficient (Wildman–Crippen LogP) is 1.22. The summed E-state index contributed by atoms with van der Waals surface area (Å²) in [5.41, 5.74) is 0. The summed E-state index contributed by atoms with van der Waals surface area (Å²) in [4.78, 5) is 0. The molecule has 0 aromatic carbocycles. The maximum Gasteiger partial charge on any atom is 0.190 e. The molecule has 1 saturated heterocycles. The Morgan fingerprint density at radius 1 is 1.40 bits per heavy atom. The number of thioether (sulfide) groups is 1. The van der Waals surface area contributed by atoms with Crippen molar-refractivity contribution >= 4 is 11.8 Å². The third-order valence-electron chi connectivity index (χ3n) is 2.96. The molecule has 15 heavy (non-hydrogen) atoms. The predicted molar refractivity (Wildman–Crippen MR) is 62.1 cm³/mol. The maximum atomic E-state index is 4.16. The van der Waals surface area contributed by atoms with Gasteiger partial charge in [-0.2, -0.15) is 0 Å². The molecular formula is C10H18N4S. The number of aromatic nitrogens is 3. The zero-order valence-corrected chi connectivity index (χ0v) is 10.2. The van der Waals surface area contributed by atoms with Crippen LogP contribution in [-0.4, -0.2) is 33.6 Å². The van der Waals surface area contributed by atoms with Gasteiger partial charge in [0.25, 0.3) is 0 Å². The van der Waals surface area contributed by atoms with Crippen LogP contribution in [0.15, 0.2) is 5.16 Å². The van der Waals surface area contributed by atoms with Crippen molar-refractivity contribution < 1.29 is 0 Å². The highest BCUT2D eigenvalue weighted by Crippen LogP contribution is 2.23. The van der Waals surface area contributed by atoms with E-state index < -0.39 is 0 Å². The van der Waals surface area contributed by atoms with Crippen LogP contribution in [0.25, 0.3) is 0 Å². The van der Waals surface area contributed by atoms with Crippen LogP contribution in [0.5, 0.6) is 0 Å². The summed E-state index contributed by atoms with van der Waals surface area (Å²) in [5, 5.41) is 12.7. The standard InChI is InChI=1S/C10H18N4S/c1-8-12-13-10(14(8)2)15-7-9-3-5-11-6-4-9/h9,11H,3-7H2,1-2H3. The lowest BCUT2D eigenvalue weighted by Crippen LogP contribution is -2.28. The second kappa shape index (κ2) is 4.99. The number of rotatable bonds is 3. The molecule has 0 unspecified atom stereocenters. The first-order valence-corrected chi connectivity index (χ1v) is 6.45. The Labute approximate surface area is 94.8 Å². The van der Waals surface area contributed by atoms with E-state index in [1.165, 1.54) is 31.7 Å². The topological polar surface area (TPSA) is 42.7 Å². The van der Waals surface area contributed by atoms with Gasteiger partial charge in [0.1, 0.15) is 5.82 Å². The van der Waals surface area contributed by atoms with Crippen LogP contribution in [0.2, 0.25) is 0 Å². The molecule has 1 aliphatic rings. The van der Waals surface area contributed by atoms with E-state index in [-0.39, 0.29) is 0 Å². The van der Waals surface area contributed by atoms with Crippen molar-refractivity contribution in [3.05, 3.63) is 5.82 Å². The van der Waals surface area contributed by atoms with Crippen LogP contribution in [-0.2, 0) is 7.05 Å². The van der Waals surface area contributed by atoms with Gasteiger partial charge in [0, 0.05) is 12.8 Å². The largest absolute Gasteiger partial charge is 0.317 e. The number of piperidine rings is 1. The second-order valence-electron chi connectivity index (χ2n) is 4.09. The Balaban J connectivity index is 1.84. The van der Waals surface area contributed by atoms with Crippen LogP contribution in [0.4, 0.5) is 0 Å². The van der Waals surface area contributed by atoms with Gasteiger partial charge in [-0.3, -0.25) is 0 Å². The first-order chi connectivity index (χ1) is 7.27. The summed E-state index contributed by atoms with van der Waals surface area (Å²) in [6, 6.07) is 0. The van der Waals surface area contributed by atoms with Crippen molar-refractivity contribution in [2.45, 2.75) is 24.9 Å². The molecule has 1 aromatic rings. The number of hydrogen-bond acceptors (Lipinski definition) is 4. The molecule has 0 radical (unpaired) electrons. The lowest BCUT2D eigenvalue weighted by molar-refractivity contribution is 0.407. The fraction of sp³-hybridized carbons (Fsp3) is 0.800. The van der Waals surface area contributed by atoms with E-state index in [1.54, 1.807) is 0 Å². The van der Waals surface area contributed by atoms with E-state index in [0.717, 1.165) is 16.9 Å². The van der Waals surface area contributed by atoms with Crippen molar-refractivity contribution in [1.82, 2.24) is 20.1 Å². The van der Waals surface area contributed by atoms with Gasteiger partial charge in [0.05, 0.1) is 0 Å². The van der Waals surface area contributed by atoms with Gasteiger partial charge in [-0.05, 0) is 38.8 Å². The van der Waals surface area contributed by atoms with E-state index in [1.807, 2.05) is 25.7 Å². The van der Waals surface area contributed by atoms with Gasteiger partial charge in [-0.1, -0.05) is 11.8 Å². The Kier molecular flexibility index (Phi) is 3.64. The average molecular weight is 226 g/mol. The molecule has 1 fully saturated rings. The van der Waals surface area contributed by atoms with Gasteiger partial charge in [-0.25, -0.2) is 0 Å².